The number of aromatic nitrogens is 2. The van der Waals surface area contributed by atoms with E-state index in [-0.39, 0.29) is 29.6 Å². The second-order valence-corrected chi connectivity index (χ2v) is 11.3. The van der Waals surface area contributed by atoms with Gasteiger partial charge in [-0.3, -0.25) is 9.78 Å². The Morgan fingerprint density at radius 3 is 2.51 bits per heavy atom. The summed E-state index contributed by atoms with van der Waals surface area (Å²) in [5.74, 6) is 0.526. The molecule has 1 N–H and O–H groups in total. The molecule has 0 aliphatic carbocycles. The molecule has 1 amide bonds. The number of nitrogens with zero attached hydrogens (tertiary/aromatic N) is 4. The van der Waals surface area contributed by atoms with Gasteiger partial charge in [-0.2, -0.15) is 0 Å². The zero-order valence-corrected chi connectivity index (χ0v) is 26.2. The standard InChI is InChI=1S/C35H35F2N5O5/c1-41-13-15-42(16-14-41)12-3-17-45-32-20-28-26(19-31(32)44-2)29(10-11-38-28)46-30-9-8-25(18-27(30)37)40-34(43)21-35-39-22-33(47-35)23-4-6-24(36)7-5-23/h4-11,18-20,22H,3,12-17,21H2,1-2H3,(H,40,43). The fourth-order valence-corrected chi connectivity index (χ4v) is 5.29. The number of hydrogen-bond donors (Lipinski definition) is 1. The van der Waals surface area contributed by atoms with Gasteiger partial charge in [0.15, 0.2) is 28.8 Å². The molecule has 1 aliphatic heterocycles. The van der Waals surface area contributed by atoms with E-state index >= 15 is 4.39 Å². The number of amides is 1. The Bertz CT molecular complexity index is 1840. The number of piperazine rings is 1. The number of benzene rings is 3. The highest BCUT2D eigenvalue weighted by atomic mass is 19.1. The molecule has 2 aromatic heterocycles. The van der Waals surface area contributed by atoms with Crippen molar-refractivity contribution in [3.05, 3.63) is 90.6 Å². The van der Waals surface area contributed by atoms with Crippen LogP contribution in [0.2, 0.25) is 0 Å². The molecular formula is C35H35F2N5O5. The lowest BCUT2D eigenvalue weighted by Crippen LogP contribution is -2.44. The quantitative estimate of drug-likeness (QED) is 0.160. The van der Waals surface area contributed by atoms with Gasteiger partial charge in [-0.1, -0.05) is 0 Å². The molecule has 5 aromatic rings. The van der Waals surface area contributed by atoms with Crippen molar-refractivity contribution in [1.29, 1.82) is 0 Å². The molecule has 244 valence electrons. The maximum Gasteiger partial charge on any atom is 0.233 e. The summed E-state index contributed by atoms with van der Waals surface area (Å²) in [6.45, 7) is 5.78. The molecule has 0 spiro atoms. The number of methoxy groups -OCH3 is 1. The van der Waals surface area contributed by atoms with Crippen LogP contribution in [-0.2, 0) is 11.2 Å². The number of fused-ring (bicyclic) bond motifs is 1. The highest BCUT2D eigenvalue weighted by Crippen LogP contribution is 2.38. The van der Waals surface area contributed by atoms with Crippen LogP contribution in [0.4, 0.5) is 14.5 Å². The Morgan fingerprint density at radius 1 is 0.936 bits per heavy atom. The molecule has 0 saturated carbocycles. The minimum atomic E-state index is -0.672. The maximum atomic E-state index is 15.2. The van der Waals surface area contributed by atoms with Gasteiger partial charge in [0.25, 0.3) is 0 Å². The average molecular weight is 644 g/mol. The van der Waals surface area contributed by atoms with Crippen molar-refractivity contribution in [1.82, 2.24) is 19.8 Å². The third kappa shape index (κ3) is 8.02. The van der Waals surface area contributed by atoms with Crippen LogP contribution in [-0.4, -0.2) is 79.2 Å². The number of rotatable bonds is 12. The van der Waals surface area contributed by atoms with E-state index in [1.165, 1.54) is 36.5 Å². The van der Waals surface area contributed by atoms with Gasteiger partial charge in [0.2, 0.25) is 11.8 Å². The lowest BCUT2D eigenvalue weighted by molar-refractivity contribution is -0.115. The largest absolute Gasteiger partial charge is 0.493 e. The molecule has 47 heavy (non-hydrogen) atoms. The number of carbonyl (C=O) groups is 1. The minimum absolute atomic E-state index is 0.0321. The number of carbonyl (C=O) groups excluding carboxylic acids is 1. The van der Waals surface area contributed by atoms with Crippen molar-refractivity contribution in [3.63, 3.8) is 0 Å². The van der Waals surface area contributed by atoms with Crippen LogP contribution >= 0.6 is 0 Å². The lowest BCUT2D eigenvalue weighted by Gasteiger charge is -2.32. The highest BCUT2D eigenvalue weighted by Gasteiger charge is 2.17. The van der Waals surface area contributed by atoms with E-state index in [2.05, 4.69) is 32.1 Å². The number of anilines is 1. The van der Waals surface area contributed by atoms with E-state index in [1.807, 2.05) is 0 Å². The van der Waals surface area contributed by atoms with Gasteiger partial charge in [-0.15, -0.1) is 0 Å². The zero-order chi connectivity index (χ0) is 32.8. The fraction of sp³-hybridized carbons (Fsp3) is 0.286. The van der Waals surface area contributed by atoms with Crippen LogP contribution in [0.5, 0.6) is 23.0 Å². The molecule has 1 saturated heterocycles. The zero-order valence-electron chi connectivity index (χ0n) is 26.2. The Balaban J connectivity index is 1.07. The maximum absolute atomic E-state index is 15.2. The number of hydrogen-bond acceptors (Lipinski definition) is 9. The SMILES string of the molecule is COc1cc2c(Oc3ccc(NC(=O)Cc4ncc(-c5ccc(F)cc5)o4)cc3F)ccnc2cc1OCCCN1CCN(C)CC1. The van der Waals surface area contributed by atoms with Crippen LogP contribution in [0.3, 0.4) is 0 Å². The first-order chi connectivity index (χ1) is 22.8. The van der Waals surface area contributed by atoms with E-state index in [4.69, 9.17) is 18.6 Å². The van der Waals surface area contributed by atoms with E-state index in [0.29, 0.717) is 46.1 Å². The molecule has 0 atom stereocenters. The van der Waals surface area contributed by atoms with Crippen LogP contribution in [0.25, 0.3) is 22.2 Å². The summed E-state index contributed by atoms with van der Waals surface area (Å²) in [5.41, 5.74) is 1.47. The van der Waals surface area contributed by atoms with Gasteiger partial charge in [-0.05, 0) is 62.0 Å². The molecule has 3 aromatic carbocycles. The third-order valence-corrected chi connectivity index (χ3v) is 7.89. The molecule has 3 heterocycles. The van der Waals surface area contributed by atoms with Crippen LogP contribution in [0.1, 0.15) is 12.3 Å². The number of pyridine rings is 1. The van der Waals surface area contributed by atoms with Gasteiger partial charge in [0.1, 0.15) is 18.0 Å². The third-order valence-electron chi connectivity index (χ3n) is 7.89. The first kappa shape index (κ1) is 31.9. The van der Waals surface area contributed by atoms with E-state index < -0.39 is 11.7 Å². The number of ether oxygens (including phenoxy) is 3. The van der Waals surface area contributed by atoms with Crippen LogP contribution in [0, 0.1) is 11.6 Å². The summed E-state index contributed by atoms with van der Waals surface area (Å²) in [7, 11) is 3.71. The summed E-state index contributed by atoms with van der Waals surface area (Å²) in [5, 5.41) is 3.26. The molecule has 10 nitrogen and oxygen atoms in total. The summed E-state index contributed by atoms with van der Waals surface area (Å²) in [4.78, 5) is 26.0. The molecule has 0 radical (unpaired) electrons. The number of halogens is 2. The van der Waals surface area contributed by atoms with Gasteiger partial charge < -0.3 is 33.7 Å². The highest BCUT2D eigenvalue weighted by molar-refractivity contribution is 5.92. The Morgan fingerprint density at radius 2 is 1.74 bits per heavy atom. The van der Waals surface area contributed by atoms with Crippen molar-refractivity contribution in [3.8, 4) is 34.3 Å². The molecule has 1 fully saturated rings. The van der Waals surface area contributed by atoms with E-state index in [1.54, 1.807) is 43.6 Å². The summed E-state index contributed by atoms with van der Waals surface area (Å²) >= 11 is 0. The molecule has 6 rings (SSSR count). The molecule has 12 heteroatoms. The van der Waals surface area contributed by atoms with Gasteiger partial charge in [0, 0.05) is 67.7 Å². The molecular weight excluding hydrogens is 608 g/mol. The second-order valence-electron chi connectivity index (χ2n) is 11.3. The van der Waals surface area contributed by atoms with Crippen LogP contribution in [0.15, 0.2) is 77.5 Å². The monoisotopic (exact) mass is 643 g/mol. The van der Waals surface area contributed by atoms with Crippen molar-refractivity contribution in [2.45, 2.75) is 12.8 Å². The smallest absolute Gasteiger partial charge is 0.233 e. The Labute approximate surface area is 270 Å². The number of nitrogens with one attached hydrogen (secondary N) is 1. The topological polar surface area (TPSA) is 102 Å². The first-order valence-electron chi connectivity index (χ1n) is 15.3. The number of oxazole rings is 1. The second kappa shape index (κ2) is 14.6. The van der Waals surface area contributed by atoms with Crippen molar-refractivity contribution >= 4 is 22.5 Å². The predicted molar refractivity (Wildman–Crippen MR) is 173 cm³/mol. The van der Waals surface area contributed by atoms with Gasteiger partial charge in [0.05, 0.1) is 25.4 Å². The van der Waals surface area contributed by atoms with Crippen LogP contribution < -0.4 is 19.5 Å². The van der Waals surface area contributed by atoms with Crippen molar-refractivity contribution < 1.29 is 32.2 Å². The van der Waals surface area contributed by atoms with Crippen molar-refractivity contribution in [2.24, 2.45) is 0 Å². The summed E-state index contributed by atoms with van der Waals surface area (Å²) < 4.78 is 51.6. The number of likely N-dealkylation sites (N-methyl/N-ethyl adjacent to an activating group) is 1. The lowest BCUT2D eigenvalue weighted by atomic mass is 10.1. The first-order valence-corrected chi connectivity index (χ1v) is 15.3. The van der Waals surface area contributed by atoms with Gasteiger partial charge in [-0.25, -0.2) is 13.8 Å². The fourth-order valence-electron chi connectivity index (χ4n) is 5.29. The minimum Gasteiger partial charge on any atom is -0.493 e. The predicted octanol–water partition coefficient (Wildman–Crippen LogP) is 6.17. The summed E-state index contributed by atoms with van der Waals surface area (Å²) in [6.07, 6.45) is 3.76. The molecule has 0 unspecified atom stereocenters. The van der Waals surface area contributed by atoms with Crippen molar-refractivity contribution in [2.75, 3.05) is 58.8 Å². The van der Waals surface area contributed by atoms with E-state index in [9.17, 15) is 9.18 Å². The van der Waals surface area contributed by atoms with Gasteiger partial charge >= 0.3 is 0 Å². The Hall–Kier alpha value is -5.07. The summed E-state index contributed by atoms with van der Waals surface area (Å²) in [6, 6.07) is 15.1. The normalized spacial score (nSPS) is 13.9. The molecule has 0 bridgehead atoms. The Kier molecular flexibility index (Phi) is 9.89. The average Bonchev–Trinajstić information content (AvgIpc) is 3.53. The van der Waals surface area contributed by atoms with E-state index in [0.717, 1.165) is 39.1 Å². The molecule has 1 aliphatic rings.